The molecular weight excluding hydrogens is 332 g/mol. The summed E-state index contributed by atoms with van der Waals surface area (Å²) in [6.07, 6.45) is 4.16. The van der Waals surface area contributed by atoms with Crippen molar-refractivity contribution in [3.63, 3.8) is 0 Å². The Bertz CT molecular complexity index is 794. The number of rotatable bonds is 4. The summed E-state index contributed by atoms with van der Waals surface area (Å²) in [5.41, 5.74) is 1.08. The molecule has 0 unspecified atom stereocenters. The zero-order valence-electron chi connectivity index (χ0n) is 13.5. The number of esters is 1. The van der Waals surface area contributed by atoms with Gasteiger partial charge in [0, 0.05) is 4.88 Å². The van der Waals surface area contributed by atoms with Crippen LogP contribution in [0, 0.1) is 0 Å². The monoisotopic (exact) mass is 352 g/mol. The fourth-order valence-electron chi connectivity index (χ4n) is 2.74. The van der Waals surface area contributed by atoms with Crippen LogP contribution in [0.4, 0.5) is 0 Å². The maximum atomic E-state index is 12.4. The Morgan fingerprint density at radius 1 is 1.30 bits per heavy atom. The Kier molecular flexibility index (Phi) is 4.77. The van der Waals surface area contributed by atoms with E-state index in [0.29, 0.717) is 5.16 Å². The zero-order valence-corrected chi connectivity index (χ0v) is 15.1. The smallest absolute Gasteiger partial charge is 0.319 e. The van der Waals surface area contributed by atoms with Gasteiger partial charge in [-0.1, -0.05) is 11.8 Å². The normalized spacial score (nSPS) is 15.7. The molecule has 0 aliphatic heterocycles. The van der Waals surface area contributed by atoms with Crippen LogP contribution in [0.5, 0.6) is 0 Å². The SMILES string of the molecule is CC(C)OC(=O)[C@H](C)Sc1nc2sc3c(c2c(=O)[nH]1)CCCC3. The molecule has 0 bridgehead atoms. The minimum Gasteiger partial charge on any atom is -0.462 e. The molecule has 0 aromatic carbocycles. The molecule has 23 heavy (non-hydrogen) atoms. The standard InChI is InChI=1S/C16H20N2O3S2/c1-8(2)21-15(20)9(3)22-16-17-13(19)12-10-6-4-5-7-11(10)23-14(12)18-16/h8-9H,4-7H2,1-3H3,(H,17,18,19)/t9-/m0/s1. The number of H-pyrrole nitrogens is 1. The number of ether oxygens (including phenoxy) is 1. The summed E-state index contributed by atoms with van der Waals surface area (Å²) in [5, 5.41) is 0.813. The number of thiophene rings is 1. The maximum absolute atomic E-state index is 12.4. The van der Waals surface area contributed by atoms with E-state index in [1.54, 1.807) is 18.3 Å². The number of aromatic amines is 1. The number of hydrogen-bond donors (Lipinski definition) is 1. The molecule has 0 saturated carbocycles. The van der Waals surface area contributed by atoms with Gasteiger partial charge in [0.2, 0.25) is 0 Å². The number of nitrogens with zero attached hydrogens (tertiary/aromatic N) is 1. The summed E-state index contributed by atoms with van der Waals surface area (Å²) >= 11 is 2.85. The van der Waals surface area contributed by atoms with Crippen molar-refractivity contribution in [2.45, 2.75) is 63.0 Å². The number of carbonyl (C=O) groups is 1. The first-order chi connectivity index (χ1) is 11.0. The molecule has 1 atom stereocenters. The number of aryl methyl sites for hydroxylation is 2. The molecule has 1 aliphatic rings. The zero-order chi connectivity index (χ0) is 16.6. The number of fused-ring (bicyclic) bond motifs is 3. The van der Waals surface area contributed by atoms with Crippen LogP contribution < -0.4 is 5.56 Å². The summed E-state index contributed by atoms with van der Waals surface area (Å²) in [6, 6.07) is 0. The number of thioether (sulfide) groups is 1. The molecule has 0 spiro atoms. The highest BCUT2D eigenvalue weighted by atomic mass is 32.2. The Labute approximate surface area is 142 Å². The lowest BCUT2D eigenvalue weighted by Gasteiger charge is -2.13. The second-order valence-corrected chi connectivity index (χ2v) is 8.42. The van der Waals surface area contributed by atoms with Gasteiger partial charge in [0.15, 0.2) is 5.16 Å². The second kappa shape index (κ2) is 6.65. The van der Waals surface area contributed by atoms with Crippen molar-refractivity contribution in [1.29, 1.82) is 0 Å². The summed E-state index contributed by atoms with van der Waals surface area (Å²) < 4.78 is 5.19. The van der Waals surface area contributed by atoms with Gasteiger partial charge < -0.3 is 9.72 Å². The van der Waals surface area contributed by atoms with Gasteiger partial charge in [-0.3, -0.25) is 9.59 Å². The topological polar surface area (TPSA) is 72.0 Å². The van der Waals surface area contributed by atoms with Crippen molar-refractivity contribution in [1.82, 2.24) is 9.97 Å². The van der Waals surface area contributed by atoms with E-state index in [4.69, 9.17) is 4.74 Å². The van der Waals surface area contributed by atoms with Crippen LogP contribution in [0.3, 0.4) is 0 Å². The van der Waals surface area contributed by atoms with Gasteiger partial charge in [-0.2, -0.15) is 0 Å². The third kappa shape index (κ3) is 3.45. The molecule has 0 fully saturated rings. The molecule has 2 aromatic rings. The van der Waals surface area contributed by atoms with Crippen molar-refractivity contribution < 1.29 is 9.53 Å². The summed E-state index contributed by atoms with van der Waals surface area (Å²) in [7, 11) is 0. The van der Waals surface area contributed by atoms with Crippen LogP contribution in [0.25, 0.3) is 10.2 Å². The largest absolute Gasteiger partial charge is 0.462 e. The summed E-state index contributed by atoms with van der Waals surface area (Å²) in [5.74, 6) is -0.293. The highest BCUT2D eigenvalue weighted by Crippen LogP contribution is 2.34. The predicted octanol–water partition coefficient (Wildman–Crippen LogP) is 3.30. The molecule has 7 heteroatoms. The minimum atomic E-state index is -0.410. The third-order valence-electron chi connectivity index (χ3n) is 3.78. The highest BCUT2D eigenvalue weighted by Gasteiger charge is 2.22. The van der Waals surface area contributed by atoms with E-state index >= 15 is 0 Å². The van der Waals surface area contributed by atoms with Crippen molar-refractivity contribution >= 4 is 39.3 Å². The molecule has 124 valence electrons. The summed E-state index contributed by atoms with van der Waals surface area (Å²) in [4.78, 5) is 33.8. The van der Waals surface area contributed by atoms with Gasteiger partial charge in [-0.05, 0) is 52.0 Å². The van der Waals surface area contributed by atoms with Crippen molar-refractivity contribution in [2.75, 3.05) is 0 Å². The number of hydrogen-bond acceptors (Lipinski definition) is 6. The average molecular weight is 352 g/mol. The molecule has 0 saturated heterocycles. The van der Waals surface area contributed by atoms with E-state index in [2.05, 4.69) is 9.97 Å². The molecule has 3 rings (SSSR count). The molecule has 1 N–H and O–H groups in total. The average Bonchev–Trinajstić information content (AvgIpc) is 2.84. The Balaban J connectivity index is 1.88. The number of aromatic nitrogens is 2. The predicted molar refractivity (Wildman–Crippen MR) is 93.4 cm³/mol. The lowest BCUT2D eigenvalue weighted by molar-refractivity contribution is -0.146. The van der Waals surface area contributed by atoms with Crippen LogP contribution in [-0.4, -0.2) is 27.3 Å². The van der Waals surface area contributed by atoms with E-state index in [1.165, 1.54) is 28.6 Å². The van der Waals surface area contributed by atoms with Crippen molar-refractivity contribution in [2.24, 2.45) is 0 Å². The van der Waals surface area contributed by atoms with E-state index < -0.39 is 5.25 Å². The van der Waals surface area contributed by atoms with E-state index in [1.807, 2.05) is 13.8 Å². The van der Waals surface area contributed by atoms with Gasteiger partial charge in [-0.15, -0.1) is 11.3 Å². The van der Waals surface area contributed by atoms with Crippen molar-refractivity contribution in [3.8, 4) is 0 Å². The molecule has 0 radical (unpaired) electrons. The van der Waals surface area contributed by atoms with Crippen LogP contribution in [0.1, 0.15) is 44.1 Å². The fourth-order valence-corrected chi connectivity index (χ4v) is 4.85. The fraction of sp³-hybridized carbons (Fsp3) is 0.562. The Morgan fingerprint density at radius 3 is 2.78 bits per heavy atom. The highest BCUT2D eigenvalue weighted by molar-refractivity contribution is 8.00. The first-order valence-electron chi connectivity index (χ1n) is 7.87. The third-order valence-corrected chi connectivity index (χ3v) is 5.92. The first-order valence-corrected chi connectivity index (χ1v) is 9.57. The van der Waals surface area contributed by atoms with Gasteiger partial charge in [0.25, 0.3) is 5.56 Å². The minimum absolute atomic E-state index is 0.0960. The summed E-state index contributed by atoms with van der Waals surface area (Å²) in [6.45, 7) is 5.40. The van der Waals surface area contributed by atoms with Crippen LogP contribution in [-0.2, 0) is 22.4 Å². The van der Waals surface area contributed by atoms with Crippen LogP contribution in [0.2, 0.25) is 0 Å². The molecule has 5 nitrogen and oxygen atoms in total. The van der Waals surface area contributed by atoms with E-state index in [0.717, 1.165) is 29.5 Å². The van der Waals surface area contributed by atoms with Gasteiger partial charge in [0.05, 0.1) is 11.5 Å². The number of carbonyl (C=O) groups excluding carboxylic acids is 1. The molecule has 2 aromatic heterocycles. The van der Waals surface area contributed by atoms with Crippen LogP contribution in [0.15, 0.2) is 9.95 Å². The lowest BCUT2D eigenvalue weighted by atomic mass is 9.97. The van der Waals surface area contributed by atoms with Crippen LogP contribution >= 0.6 is 23.1 Å². The molecule has 0 amide bonds. The van der Waals surface area contributed by atoms with Gasteiger partial charge >= 0.3 is 5.97 Å². The Hall–Kier alpha value is -1.34. The molecule has 2 heterocycles. The van der Waals surface area contributed by atoms with Crippen molar-refractivity contribution in [3.05, 3.63) is 20.8 Å². The lowest BCUT2D eigenvalue weighted by Crippen LogP contribution is -2.21. The van der Waals surface area contributed by atoms with Gasteiger partial charge in [0.1, 0.15) is 10.1 Å². The number of nitrogens with one attached hydrogen (secondary N) is 1. The maximum Gasteiger partial charge on any atom is 0.319 e. The Morgan fingerprint density at radius 2 is 2.04 bits per heavy atom. The first kappa shape index (κ1) is 16.5. The molecule has 1 aliphatic carbocycles. The second-order valence-electron chi connectivity index (χ2n) is 6.01. The van der Waals surface area contributed by atoms with Gasteiger partial charge in [-0.25, -0.2) is 4.98 Å². The van der Waals surface area contributed by atoms with E-state index in [9.17, 15) is 9.59 Å². The quantitative estimate of drug-likeness (QED) is 0.519. The van der Waals surface area contributed by atoms with E-state index in [-0.39, 0.29) is 17.6 Å². The molecular formula is C16H20N2O3S2.